The maximum Gasteiger partial charge on any atom is 0.261 e. The molecule has 1 aliphatic carbocycles. The number of hydrogen-bond acceptors (Lipinski definition) is 5. The van der Waals surface area contributed by atoms with Crippen LogP contribution in [0.1, 0.15) is 51.1 Å². The molecular weight excluding hydrogens is 536 g/mol. The second-order valence-electron chi connectivity index (χ2n) is 10.9. The first-order chi connectivity index (χ1) is 19.7. The highest BCUT2D eigenvalue weighted by Crippen LogP contribution is 2.49. The molecule has 0 saturated heterocycles. The van der Waals surface area contributed by atoms with Gasteiger partial charge in [-0.15, -0.1) is 0 Å². The van der Waals surface area contributed by atoms with Gasteiger partial charge in [-0.2, -0.15) is 0 Å². The Morgan fingerprint density at radius 3 is 2.07 bits per heavy atom. The molecule has 208 valence electrons. The molecule has 0 bridgehead atoms. The monoisotopic (exact) mass is 566 g/mol. The molecule has 0 spiro atoms. The van der Waals surface area contributed by atoms with Gasteiger partial charge in [-0.1, -0.05) is 60.2 Å². The number of imide groups is 1. The minimum absolute atomic E-state index is 0.0928. The maximum absolute atomic E-state index is 14.2. The van der Waals surface area contributed by atoms with Crippen LogP contribution in [0, 0.1) is 13.8 Å². The van der Waals surface area contributed by atoms with Crippen LogP contribution in [-0.2, 0) is 14.6 Å². The van der Waals surface area contributed by atoms with Gasteiger partial charge in [-0.3, -0.25) is 19.3 Å². The van der Waals surface area contributed by atoms with Crippen LogP contribution in [0.15, 0.2) is 89.8 Å². The molecule has 2 aliphatic rings. The first-order valence-corrected chi connectivity index (χ1v) is 15.2. The Bertz CT molecular complexity index is 1780. The Labute approximate surface area is 239 Å². The summed E-state index contributed by atoms with van der Waals surface area (Å²) in [6.07, 6.45) is 0.777. The fraction of sp³-hybridized carbons (Fsp3) is 0.242. The van der Waals surface area contributed by atoms with E-state index in [2.05, 4.69) is 0 Å². The molecule has 0 atom stereocenters. The molecule has 0 N–H and O–H groups in total. The molecule has 8 heteroatoms. The van der Waals surface area contributed by atoms with Gasteiger partial charge in [-0.05, 0) is 74.4 Å². The highest BCUT2D eigenvalue weighted by molar-refractivity contribution is 7.94. The van der Waals surface area contributed by atoms with Crippen molar-refractivity contribution in [3.63, 3.8) is 0 Å². The van der Waals surface area contributed by atoms with Crippen LogP contribution in [0.4, 0.5) is 5.69 Å². The molecule has 7 nitrogen and oxygen atoms in total. The number of hydrogen-bond donors (Lipinski definition) is 0. The molecule has 0 aromatic heterocycles. The van der Waals surface area contributed by atoms with Crippen molar-refractivity contribution in [2.24, 2.45) is 0 Å². The average molecular weight is 567 g/mol. The quantitative estimate of drug-likeness (QED) is 0.263. The van der Waals surface area contributed by atoms with Gasteiger partial charge in [0, 0.05) is 35.3 Å². The highest BCUT2D eigenvalue weighted by Gasteiger charge is 2.62. The Kier molecular flexibility index (Phi) is 6.53. The van der Waals surface area contributed by atoms with Gasteiger partial charge >= 0.3 is 0 Å². The Morgan fingerprint density at radius 2 is 1.49 bits per heavy atom. The molecule has 0 unspecified atom stereocenters. The van der Waals surface area contributed by atoms with Gasteiger partial charge in [0.25, 0.3) is 11.8 Å². The molecule has 6 rings (SSSR count). The lowest BCUT2D eigenvalue weighted by Crippen LogP contribution is -2.47. The van der Waals surface area contributed by atoms with Gasteiger partial charge in [-0.25, -0.2) is 8.42 Å². The SMILES string of the molecule is Cc1ccc(N(CCCN2C(=O)c3cccc4cccc(c34)C2=O)C(=O)C2(S(=O)(=O)c3ccccc3)CC2)c(C)c1. The summed E-state index contributed by atoms with van der Waals surface area (Å²) in [5.41, 5.74) is 3.45. The van der Waals surface area contributed by atoms with Crippen LogP contribution in [-0.4, -0.2) is 48.9 Å². The van der Waals surface area contributed by atoms with Crippen molar-refractivity contribution in [1.29, 1.82) is 0 Å². The van der Waals surface area contributed by atoms with E-state index >= 15 is 0 Å². The molecule has 1 heterocycles. The third-order valence-electron chi connectivity index (χ3n) is 8.17. The molecular formula is C33H30N2O5S. The topological polar surface area (TPSA) is 91.8 Å². The molecule has 1 saturated carbocycles. The highest BCUT2D eigenvalue weighted by atomic mass is 32.2. The molecule has 1 fully saturated rings. The minimum atomic E-state index is -3.93. The molecule has 1 aliphatic heterocycles. The largest absolute Gasteiger partial charge is 0.311 e. The standard InChI is InChI=1S/C33H30N2O5S/c1-22-15-16-28(23(2)21-22)34(32(38)33(17-18-33)41(39,40)25-11-4-3-5-12-25)19-8-20-35-30(36)26-13-6-9-24-10-7-14-27(29(24)26)31(35)37/h3-7,9-16,21H,8,17-20H2,1-2H3. The van der Waals surface area contributed by atoms with Crippen molar-refractivity contribution in [3.8, 4) is 0 Å². The van der Waals surface area contributed by atoms with E-state index < -0.39 is 20.5 Å². The van der Waals surface area contributed by atoms with E-state index in [0.717, 1.165) is 16.5 Å². The number of rotatable bonds is 8. The van der Waals surface area contributed by atoms with Crippen LogP contribution in [0.25, 0.3) is 10.8 Å². The van der Waals surface area contributed by atoms with Crippen molar-refractivity contribution >= 4 is 44.0 Å². The normalized spacial score (nSPS) is 15.7. The summed E-state index contributed by atoms with van der Waals surface area (Å²) in [6.45, 7) is 4.09. The number of sulfone groups is 1. The molecule has 4 aromatic carbocycles. The lowest BCUT2D eigenvalue weighted by Gasteiger charge is -2.31. The van der Waals surface area contributed by atoms with Crippen molar-refractivity contribution in [1.82, 2.24) is 4.90 Å². The van der Waals surface area contributed by atoms with Gasteiger partial charge in [0.05, 0.1) is 4.90 Å². The summed E-state index contributed by atoms with van der Waals surface area (Å²) in [5.74, 6) is -1.21. The predicted molar refractivity (Wildman–Crippen MR) is 158 cm³/mol. The molecule has 3 amide bonds. The summed E-state index contributed by atoms with van der Waals surface area (Å²) in [6, 6.07) is 24.6. The number of benzene rings is 4. The third-order valence-corrected chi connectivity index (χ3v) is 10.7. The molecule has 41 heavy (non-hydrogen) atoms. The van der Waals surface area contributed by atoms with Gasteiger partial charge in [0.1, 0.15) is 0 Å². The van der Waals surface area contributed by atoms with Crippen molar-refractivity contribution in [3.05, 3.63) is 107 Å². The summed E-state index contributed by atoms with van der Waals surface area (Å²) < 4.78 is 25.9. The minimum Gasteiger partial charge on any atom is -0.311 e. The number of amides is 3. The fourth-order valence-electron chi connectivity index (χ4n) is 5.89. The zero-order valence-corrected chi connectivity index (χ0v) is 23.8. The summed E-state index contributed by atoms with van der Waals surface area (Å²) in [7, 11) is -3.93. The first-order valence-electron chi connectivity index (χ1n) is 13.7. The summed E-state index contributed by atoms with van der Waals surface area (Å²) in [5, 5.41) is 1.50. The molecule has 4 aromatic rings. The Hall–Kier alpha value is -4.30. The Morgan fingerprint density at radius 1 is 0.854 bits per heavy atom. The number of carbonyl (C=O) groups excluding carboxylic acids is 3. The third kappa shape index (κ3) is 4.34. The molecule has 0 radical (unpaired) electrons. The lowest BCUT2D eigenvalue weighted by atomic mass is 9.94. The van der Waals surface area contributed by atoms with Gasteiger partial charge < -0.3 is 4.90 Å². The zero-order valence-electron chi connectivity index (χ0n) is 23.0. The smallest absolute Gasteiger partial charge is 0.261 e. The van der Waals surface area contributed by atoms with E-state index in [-0.39, 0.29) is 49.1 Å². The number of anilines is 1. The van der Waals surface area contributed by atoms with Crippen LogP contribution in [0.3, 0.4) is 0 Å². The van der Waals surface area contributed by atoms with E-state index in [4.69, 9.17) is 0 Å². The van der Waals surface area contributed by atoms with Crippen LogP contribution < -0.4 is 4.90 Å². The van der Waals surface area contributed by atoms with Gasteiger partial charge in [0.2, 0.25) is 5.91 Å². The number of carbonyl (C=O) groups is 3. The van der Waals surface area contributed by atoms with E-state index in [9.17, 15) is 22.8 Å². The number of aryl methyl sites for hydroxylation is 2. The van der Waals surface area contributed by atoms with E-state index in [0.29, 0.717) is 22.2 Å². The van der Waals surface area contributed by atoms with Crippen LogP contribution in [0.2, 0.25) is 0 Å². The van der Waals surface area contributed by atoms with Crippen molar-refractivity contribution < 1.29 is 22.8 Å². The van der Waals surface area contributed by atoms with Crippen molar-refractivity contribution in [2.45, 2.75) is 42.8 Å². The average Bonchev–Trinajstić information content (AvgIpc) is 3.79. The zero-order chi connectivity index (χ0) is 28.9. The van der Waals surface area contributed by atoms with Crippen LogP contribution >= 0.6 is 0 Å². The Balaban J connectivity index is 1.29. The lowest BCUT2D eigenvalue weighted by molar-refractivity contribution is -0.118. The van der Waals surface area contributed by atoms with E-state index in [1.54, 1.807) is 42.5 Å². The van der Waals surface area contributed by atoms with E-state index in [1.807, 2.05) is 44.2 Å². The van der Waals surface area contributed by atoms with Gasteiger partial charge in [0.15, 0.2) is 14.6 Å². The second kappa shape index (κ2) is 9.96. The van der Waals surface area contributed by atoms with E-state index in [1.165, 1.54) is 21.9 Å². The number of nitrogens with zero attached hydrogens (tertiary/aromatic N) is 2. The first kappa shape index (κ1) is 26.9. The van der Waals surface area contributed by atoms with Crippen molar-refractivity contribution in [2.75, 3.05) is 18.0 Å². The fourth-order valence-corrected chi connectivity index (χ4v) is 7.84. The summed E-state index contributed by atoms with van der Waals surface area (Å²) in [4.78, 5) is 43.9. The predicted octanol–water partition coefficient (Wildman–Crippen LogP) is 5.48. The van der Waals surface area contributed by atoms with Crippen LogP contribution in [0.5, 0.6) is 0 Å². The second-order valence-corrected chi connectivity index (χ2v) is 13.1. The summed E-state index contributed by atoms with van der Waals surface area (Å²) >= 11 is 0. The maximum atomic E-state index is 14.2.